The summed E-state index contributed by atoms with van der Waals surface area (Å²) < 4.78 is 0. The van der Waals surface area contributed by atoms with Gasteiger partial charge in [0.05, 0.1) is 12.6 Å². The van der Waals surface area contributed by atoms with Gasteiger partial charge in [0.2, 0.25) is 11.8 Å². The lowest BCUT2D eigenvalue weighted by molar-refractivity contribution is -0.140. The molecule has 168 valence electrons. The minimum absolute atomic E-state index is 0.0173. The van der Waals surface area contributed by atoms with E-state index >= 15 is 0 Å². The summed E-state index contributed by atoms with van der Waals surface area (Å²) in [5.74, 6) is -0.289. The highest BCUT2D eigenvalue weighted by Crippen LogP contribution is 2.38. The largest absolute Gasteiger partial charge is 0.332 e. The molecule has 1 aliphatic rings. The Kier molecular flexibility index (Phi) is 7.82. The van der Waals surface area contributed by atoms with E-state index in [4.69, 9.17) is 11.6 Å². The number of alkyl halides is 1. The van der Waals surface area contributed by atoms with Gasteiger partial charge in [-0.05, 0) is 46.4 Å². The fourth-order valence-corrected chi connectivity index (χ4v) is 5.16. The predicted molar refractivity (Wildman–Crippen MR) is 129 cm³/mol. The second-order valence-corrected chi connectivity index (χ2v) is 10.5. The molecule has 0 spiro atoms. The molecule has 1 aromatic carbocycles. The standard InChI is InChI=1S/C25H33ClN2O2S/c1-5-6-13-27(22(29)16-26)17-23(30)28-14-11-21-20(12-15-31-21)24(28)18-7-9-19(10-8-18)25(2,3)4/h7-10,12,15,24H,5-6,11,13-14,16-17H2,1-4H3. The summed E-state index contributed by atoms with van der Waals surface area (Å²) in [7, 11) is 0. The molecule has 0 bridgehead atoms. The molecule has 0 fully saturated rings. The molecule has 2 heterocycles. The average molecular weight is 461 g/mol. The van der Waals surface area contributed by atoms with Gasteiger partial charge in [0.25, 0.3) is 0 Å². The molecule has 4 nitrogen and oxygen atoms in total. The number of carbonyl (C=O) groups excluding carboxylic acids is 2. The summed E-state index contributed by atoms with van der Waals surface area (Å²) in [6.07, 6.45) is 2.68. The first-order valence-corrected chi connectivity index (χ1v) is 12.5. The van der Waals surface area contributed by atoms with Gasteiger partial charge in [-0.1, -0.05) is 58.4 Å². The van der Waals surface area contributed by atoms with Crippen LogP contribution >= 0.6 is 22.9 Å². The van der Waals surface area contributed by atoms with Crippen molar-refractivity contribution in [3.63, 3.8) is 0 Å². The van der Waals surface area contributed by atoms with Crippen molar-refractivity contribution < 1.29 is 9.59 Å². The molecule has 0 radical (unpaired) electrons. The summed E-state index contributed by atoms with van der Waals surface area (Å²) in [5, 5.41) is 2.11. The lowest BCUT2D eigenvalue weighted by atomic mass is 9.85. The number of nitrogens with zero attached hydrogens (tertiary/aromatic N) is 2. The van der Waals surface area contributed by atoms with Gasteiger partial charge < -0.3 is 9.80 Å². The number of halogens is 1. The summed E-state index contributed by atoms with van der Waals surface area (Å²) in [4.78, 5) is 30.6. The maximum absolute atomic E-state index is 13.4. The van der Waals surface area contributed by atoms with Crippen LogP contribution in [-0.2, 0) is 21.4 Å². The number of hydrogen-bond donors (Lipinski definition) is 0. The zero-order valence-corrected chi connectivity index (χ0v) is 20.6. The molecular weight excluding hydrogens is 428 g/mol. The zero-order chi connectivity index (χ0) is 22.6. The van der Waals surface area contributed by atoms with Crippen LogP contribution < -0.4 is 0 Å². The number of carbonyl (C=O) groups is 2. The normalized spacial score (nSPS) is 16.2. The van der Waals surface area contributed by atoms with Crippen LogP contribution in [0.3, 0.4) is 0 Å². The zero-order valence-electron chi connectivity index (χ0n) is 19.0. The van der Waals surface area contributed by atoms with Crippen molar-refractivity contribution >= 4 is 34.8 Å². The van der Waals surface area contributed by atoms with Crippen LogP contribution in [0.4, 0.5) is 0 Å². The van der Waals surface area contributed by atoms with Crippen molar-refractivity contribution in [1.82, 2.24) is 9.80 Å². The molecule has 31 heavy (non-hydrogen) atoms. The van der Waals surface area contributed by atoms with Crippen LogP contribution in [-0.4, -0.2) is 47.1 Å². The highest BCUT2D eigenvalue weighted by molar-refractivity contribution is 7.10. The van der Waals surface area contributed by atoms with Gasteiger partial charge in [-0.15, -0.1) is 22.9 Å². The number of benzene rings is 1. The second kappa shape index (κ2) is 10.2. The lowest BCUT2D eigenvalue weighted by Crippen LogP contribution is -2.47. The van der Waals surface area contributed by atoms with E-state index in [9.17, 15) is 9.59 Å². The van der Waals surface area contributed by atoms with Gasteiger partial charge in [0.15, 0.2) is 0 Å². The Morgan fingerprint density at radius 2 is 1.90 bits per heavy atom. The van der Waals surface area contributed by atoms with Crippen LogP contribution in [0.5, 0.6) is 0 Å². The number of unbranched alkanes of at least 4 members (excludes halogenated alkanes) is 1. The van der Waals surface area contributed by atoms with E-state index < -0.39 is 0 Å². The third-order valence-corrected chi connectivity index (χ3v) is 7.18. The molecule has 1 aliphatic heterocycles. The van der Waals surface area contributed by atoms with Crippen molar-refractivity contribution in [2.45, 2.75) is 58.4 Å². The van der Waals surface area contributed by atoms with Gasteiger partial charge in [-0.3, -0.25) is 9.59 Å². The smallest absolute Gasteiger partial charge is 0.242 e. The van der Waals surface area contributed by atoms with E-state index in [-0.39, 0.29) is 35.7 Å². The Morgan fingerprint density at radius 3 is 2.52 bits per heavy atom. The summed E-state index contributed by atoms with van der Waals surface area (Å²) in [5.41, 5.74) is 3.67. The van der Waals surface area contributed by atoms with E-state index in [2.05, 4.69) is 63.4 Å². The number of rotatable bonds is 7. The van der Waals surface area contributed by atoms with Gasteiger partial charge in [-0.25, -0.2) is 0 Å². The lowest BCUT2D eigenvalue weighted by Gasteiger charge is -2.38. The van der Waals surface area contributed by atoms with E-state index in [0.717, 1.165) is 24.8 Å². The van der Waals surface area contributed by atoms with Crippen LogP contribution in [0, 0.1) is 0 Å². The Balaban J connectivity index is 1.89. The first-order valence-electron chi connectivity index (χ1n) is 11.1. The van der Waals surface area contributed by atoms with Crippen molar-refractivity contribution in [2.75, 3.05) is 25.5 Å². The third-order valence-electron chi connectivity index (χ3n) is 5.95. The maximum atomic E-state index is 13.4. The van der Waals surface area contributed by atoms with Crippen LogP contribution in [0.25, 0.3) is 0 Å². The summed E-state index contributed by atoms with van der Waals surface area (Å²) in [6, 6.07) is 10.7. The maximum Gasteiger partial charge on any atom is 0.242 e. The molecule has 0 N–H and O–H groups in total. The van der Waals surface area contributed by atoms with Crippen molar-refractivity contribution in [2.24, 2.45) is 0 Å². The Bertz CT molecular complexity index is 901. The molecular formula is C25H33ClN2O2S. The topological polar surface area (TPSA) is 40.6 Å². The quantitative estimate of drug-likeness (QED) is 0.520. The Labute approximate surface area is 195 Å². The minimum Gasteiger partial charge on any atom is -0.332 e. The Morgan fingerprint density at radius 1 is 1.19 bits per heavy atom. The van der Waals surface area contributed by atoms with E-state index in [1.165, 1.54) is 16.0 Å². The summed E-state index contributed by atoms with van der Waals surface area (Å²) in [6.45, 7) is 9.99. The predicted octanol–water partition coefficient (Wildman–Crippen LogP) is 5.39. The van der Waals surface area contributed by atoms with E-state index in [1.807, 2.05) is 4.90 Å². The van der Waals surface area contributed by atoms with Crippen LogP contribution in [0.1, 0.15) is 68.1 Å². The highest BCUT2D eigenvalue weighted by atomic mass is 35.5. The SMILES string of the molecule is CCCCN(CC(=O)N1CCc2sccc2C1c1ccc(C(C)(C)C)cc1)C(=O)CCl. The van der Waals surface area contributed by atoms with E-state index in [0.29, 0.717) is 13.1 Å². The van der Waals surface area contributed by atoms with E-state index in [1.54, 1.807) is 16.2 Å². The van der Waals surface area contributed by atoms with Gasteiger partial charge in [0, 0.05) is 18.0 Å². The third kappa shape index (κ3) is 5.50. The average Bonchev–Trinajstić information content (AvgIpc) is 3.23. The molecule has 2 amide bonds. The molecule has 6 heteroatoms. The highest BCUT2D eigenvalue weighted by Gasteiger charge is 2.34. The molecule has 0 saturated heterocycles. The van der Waals surface area contributed by atoms with Crippen LogP contribution in [0.2, 0.25) is 0 Å². The van der Waals surface area contributed by atoms with Gasteiger partial charge in [0.1, 0.15) is 5.88 Å². The fraction of sp³-hybridized carbons (Fsp3) is 0.520. The Hall–Kier alpha value is -1.85. The van der Waals surface area contributed by atoms with Gasteiger partial charge >= 0.3 is 0 Å². The monoisotopic (exact) mass is 460 g/mol. The molecule has 0 aliphatic carbocycles. The van der Waals surface area contributed by atoms with Crippen molar-refractivity contribution in [3.05, 3.63) is 57.3 Å². The number of hydrogen-bond acceptors (Lipinski definition) is 3. The molecule has 3 rings (SSSR count). The van der Waals surface area contributed by atoms with Gasteiger partial charge in [-0.2, -0.15) is 0 Å². The van der Waals surface area contributed by atoms with Crippen LogP contribution in [0.15, 0.2) is 35.7 Å². The molecule has 0 saturated carbocycles. The number of amides is 2. The second-order valence-electron chi connectivity index (χ2n) is 9.21. The first-order chi connectivity index (χ1) is 14.8. The molecule has 2 aromatic rings. The molecule has 1 unspecified atom stereocenters. The number of thiophene rings is 1. The molecule has 1 atom stereocenters. The minimum atomic E-state index is -0.178. The molecule has 1 aromatic heterocycles. The summed E-state index contributed by atoms with van der Waals surface area (Å²) >= 11 is 7.57. The van der Waals surface area contributed by atoms with Crippen molar-refractivity contribution in [1.29, 1.82) is 0 Å². The fourth-order valence-electron chi connectivity index (χ4n) is 4.09. The number of fused-ring (bicyclic) bond motifs is 1. The first kappa shape index (κ1) is 23.8. The van der Waals surface area contributed by atoms with Crippen molar-refractivity contribution in [3.8, 4) is 0 Å².